The third-order valence-corrected chi connectivity index (χ3v) is 4.93. The van der Waals surface area contributed by atoms with Gasteiger partial charge in [0, 0.05) is 6.54 Å². The zero-order valence-corrected chi connectivity index (χ0v) is 12.4. The van der Waals surface area contributed by atoms with Gasteiger partial charge < -0.3 is 10.4 Å². The first-order valence-corrected chi connectivity index (χ1v) is 8.25. The highest BCUT2D eigenvalue weighted by molar-refractivity contribution is 7.86. The van der Waals surface area contributed by atoms with Crippen molar-refractivity contribution in [3.8, 4) is 0 Å². The van der Waals surface area contributed by atoms with Crippen LogP contribution in [0.25, 0.3) is 0 Å². The van der Waals surface area contributed by atoms with E-state index in [1.165, 1.54) is 12.1 Å². The monoisotopic (exact) mass is 299 g/mol. The van der Waals surface area contributed by atoms with Gasteiger partial charge in [0.25, 0.3) is 10.1 Å². The highest BCUT2D eigenvalue weighted by atomic mass is 32.2. The zero-order valence-electron chi connectivity index (χ0n) is 11.6. The van der Waals surface area contributed by atoms with Crippen molar-refractivity contribution in [3.05, 3.63) is 29.8 Å². The molecule has 20 heavy (non-hydrogen) atoms. The quantitative estimate of drug-likeness (QED) is 0.768. The summed E-state index contributed by atoms with van der Waals surface area (Å²) < 4.78 is 28.8. The van der Waals surface area contributed by atoms with Crippen molar-refractivity contribution < 1.29 is 17.7 Å². The Bertz CT molecular complexity index is 521. The van der Waals surface area contributed by atoms with Gasteiger partial charge in [-0.3, -0.25) is 4.18 Å². The summed E-state index contributed by atoms with van der Waals surface area (Å²) in [6.07, 6.45) is 0.738. The SMILES string of the molecule is Cc1ccc(S(=O)(=O)OCC[C@H](O)[C@H]2CCNC2)cc1. The standard InChI is InChI=1S/C14H21NO4S/c1-11-2-4-13(5-3-11)20(17,18)19-9-7-14(16)12-6-8-15-10-12/h2-5,12,14-16H,6-10H2,1H3/t12-,14-/m0/s1. The third-order valence-electron chi connectivity index (χ3n) is 3.60. The molecule has 2 N–H and O–H groups in total. The van der Waals surface area contributed by atoms with Crippen LogP contribution in [0, 0.1) is 12.8 Å². The van der Waals surface area contributed by atoms with E-state index in [1.54, 1.807) is 12.1 Å². The molecule has 0 unspecified atom stereocenters. The number of aliphatic hydroxyl groups is 1. The van der Waals surface area contributed by atoms with Crippen molar-refractivity contribution in [3.63, 3.8) is 0 Å². The second kappa shape index (κ2) is 6.67. The highest BCUT2D eigenvalue weighted by Gasteiger charge is 2.23. The van der Waals surface area contributed by atoms with Gasteiger partial charge in [-0.15, -0.1) is 0 Å². The van der Waals surface area contributed by atoms with E-state index < -0.39 is 16.2 Å². The maximum absolute atomic E-state index is 11.9. The minimum absolute atomic E-state index is 0.00781. The lowest BCUT2D eigenvalue weighted by atomic mass is 10.00. The Kier molecular flexibility index (Phi) is 5.15. The predicted octanol–water partition coefficient (Wildman–Crippen LogP) is 1.06. The van der Waals surface area contributed by atoms with Crippen LogP contribution in [0.2, 0.25) is 0 Å². The normalized spacial score (nSPS) is 21.0. The first kappa shape index (κ1) is 15.4. The number of benzene rings is 1. The minimum atomic E-state index is -3.72. The molecule has 0 aliphatic carbocycles. The van der Waals surface area contributed by atoms with E-state index in [0.29, 0.717) is 6.42 Å². The van der Waals surface area contributed by atoms with Gasteiger partial charge in [-0.25, -0.2) is 0 Å². The van der Waals surface area contributed by atoms with Crippen LogP contribution < -0.4 is 5.32 Å². The molecule has 2 rings (SSSR count). The van der Waals surface area contributed by atoms with E-state index in [4.69, 9.17) is 4.18 Å². The molecular formula is C14H21NO4S. The molecule has 1 aromatic rings. The van der Waals surface area contributed by atoms with Gasteiger partial charge in [0.2, 0.25) is 0 Å². The van der Waals surface area contributed by atoms with Crippen molar-refractivity contribution in [1.29, 1.82) is 0 Å². The molecular weight excluding hydrogens is 278 g/mol. The van der Waals surface area contributed by atoms with Crippen molar-refractivity contribution in [2.24, 2.45) is 5.92 Å². The average Bonchev–Trinajstić information content (AvgIpc) is 2.93. The van der Waals surface area contributed by atoms with Gasteiger partial charge in [0.1, 0.15) is 0 Å². The summed E-state index contributed by atoms with van der Waals surface area (Å²) in [7, 11) is -3.72. The number of hydrogen-bond acceptors (Lipinski definition) is 5. The smallest absolute Gasteiger partial charge is 0.296 e. The predicted molar refractivity (Wildman–Crippen MR) is 75.9 cm³/mol. The summed E-state index contributed by atoms with van der Waals surface area (Å²) in [6, 6.07) is 6.52. The van der Waals surface area contributed by atoms with E-state index in [2.05, 4.69) is 5.32 Å². The Morgan fingerprint density at radius 2 is 2.10 bits per heavy atom. The summed E-state index contributed by atoms with van der Waals surface area (Å²) >= 11 is 0. The molecule has 6 heteroatoms. The van der Waals surface area contributed by atoms with E-state index in [1.807, 2.05) is 6.92 Å². The lowest BCUT2D eigenvalue weighted by Crippen LogP contribution is -2.24. The van der Waals surface area contributed by atoms with Crippen LogP contribution in [0.4, 0.5) is 0 Å². The van der Waals surface area contributed by atoms with Crippen LogP contribution in [-0.2, 0) is 14.3 Å². The fourth-order valence-electron chi connectivity index (χ4n) is 2.29. The number of aliphatic hydroxyl groups excluding tert-OH is 1. The largest absolute Gasteiger partial charge is 0.393 e. The lowest BCUT2D eigenvalue weighted by molar-refractivity contribution is 0.0919. The Morgan fingerprint density at radius 1 is 1.40 bits per heavy atom. The van der Waals surface area contributed by atoms with Crippen molar-refractivity contribution in [2.75, 3.05) is 19.7 Å². The van der Waals surface area contributed by atoms with Gasteiger partial charge in [0.05, 0.1) is 17.6 Å². The number of hydrogen-bond donors (Lipinski definition) is 2. The number of rotatable bonds is 6. The Hall–Kier alpha value is -0.950. The summed E-state index contributed by atoms with van der Waals surface area (Å²) in [5.41, 5.74) is 0.994. The third kappa shape index (κ3) is 4.02. The van der Waals surface area contributed by atoms with Crippen molar-refractivity contribution in [2.45, 2.75) is 30.8 Å². The Balaban J connectivity index is 1.84. The molecule has 1 aliphatic heterocycles. The van der Waals surface area contributed by atoms with E-state index >= 15 is 0 Å². The van der Waals surface area contributed by atoms with Crippen LogP contribution in [0.1, 0.15) is 18.4 Å². The summed E-state index contributed by atoms with van der Waals surface area (Å²) in [4.78, 5) is 0.153. The van der Waals surface area contributed by atoms with Gasteiger partial charge in [0.15, 0.2) is 0 Å². The van der Waals surface area contributed by atoms with Crippen molar-refractivity contribution >= 4 is 10.1 Å². The van der Waals surface area contributed by atoms with Crippen LogP contribution in [0.3, 0.4) is 0 Å². The first-order valence-electron chi connectivity index (χ1n) is 6.84. The maximum Gasteiger partial charge on any atom is 0.296 e. The van der Waals surface area contributed by atoms with Crippen LogP contribution in [0.15, 0.2) is 29.2 Å². The van der Waals surface area contributed by atoms with E-state index in [-0.39, 0.29) is 17.4 Å². The molecule has 112 valence electrons. The van der Waals surface area contributed by atoms with Crippen LogP contribution in [-0.4, -0.2) is 39.3 Å². The van der Waals surface area contributed by atoms with Crippen molar-refractivity contribution in [1.82, 2.24) is 5.32 Å². The molecule has 0 saturated carbocycles. The topological polar surface area (TPSA) is 75.6 Å². The maximum atomic E-state index is 11.9. The Labute approximate surface area is 120 Å². The second-order valence-corrected chi connectivity index (χ2v) is 6.81. The molecule has 0 aromatic heterocycles. The minimum Gasteiger partial charge on any atom is -0.393 e. The Morgan fingerprint density at radius 3 is 2.70 bits per heavy atom. The fourth-order valence-corrected chi connectivity index (χ4v) is 3.21. The molecule has 1 fully saturated rings. The summed E-state index contributed by atoms with van der Waals surface area (Å²) in [5.74, 6) is 0.195. The molecule has 1 heterocycles. The van der Waals surface area contributed by atoms with Gasteiger partial charge in [-0.1, -0.05) is 17.7 Å². The molecule has 5 nitrogen and oxygen atoms in total. The number of nitrogens with one attached hydrogen (secondary N) is 1. The molecule has 1 aliphatic rings. The van der Waals surface area contributed by atoms with Gasteiger partial charge in [-0.2, -0.15) is 8.42 Å². The lowest BCUT2D eigenvalue weighted by Gasteiger charge is -2.16. The zero-order chi connectivity index (χ0) is 14.6. The molecule has 2 atom stereocenters. The molecule has 1 saturated heterocycles. The van der Waals surface area contributed by atoms with Gasteiger partial charge >= 0.3 is 0 Å². The molecule has 0 spiro atoms. The summed E-state index contributed by atoms with van der Waals surface area (Å²) in [5, 5.41) is 13.1. The highest BCUT2D eigenvalue weighted by Crippen LogP contribution is 2.17. The summed E-state index contributed by atoms with van der Waals surface area (Å²) in [6.45, 7) is 3.59. The van der Waals surface area contributed by atoms with E-state index in [9.17, 15) is 13.5 Å². The number of aryl methyl sites for hydroxylation is 1. The second-order valence-electron chi connectivity index (χ2n) is 5.20. The van der Waals surface area contributed by atoms with Crippen LogP contribution >= 0.6 is 0 Å². The van der Waals surface area contributed by atoms with E-state index in [0.717, 1.165) is 25.1 Å². The molecule has 0 bridgehead atoms. The first-order chi connectivity index (χ1) is 9.49. The molecule has 1 aromatic carbocycles. The fraction of sp³-hybridized carbons (Fsp3) is 0.571. The molecule has 0 amide bonds. The average molecular weight is 299 g/mol. The molecule has 0 radical (unpaired) electrons. The van der Waals surface area contributed by atoms with Crippen LogP contribution in [0.5, 0.6) is 0 Å². The van der Waals surface area contributed by atoms with Gasteiger partial charge in [-0.05, 0) is 44.4 Å².